The first-order valence-corrected chi connectivity index (χ1v) is 11.8. The number of likely N-dealkylation sites (tertiary alicyclic amines) is 1. The summed E-state index contributed by atoms with van der Waals surface area (Å²) in [6.45, 7) is 4.55. The maximum atomic E-state index is 13.7. The molecule has 0 saturated carbocycles. The Labute approximate surface area is 206 Å². The molecule has 0 unspecified atom stereocenters. The largest absolute Gasteiger partial charge is 0.366 e. The van der Waals surface area contributed by atoms with Gasteiger partial charge in [-0.3, -0.25) is 4.79 Å². The van der Waals surface area contributed by atoms with Crippen molar-refractivity contribution in [3.05, 3.63) is 77.0 Å². The summed E-state index contributed by atoms with van der Waals surface area (Å²) in [7, 11) is 0. The zero-order valence-corrected chi connectivity index (χ0v) is 19.9. The number of carbonyl (C=O) groups excluding carboxylic acids is 1. The average molecular weight is 495 g/mol. The van der Waals surface area contributed by atoms with Crippen molar-refractivity contribution in [3.63, 3.8) is 0 Å². The second kappa shape index (κ2) is 9.60. The van der Waals surface area contributed by atoms with Crippen molar-refractivity contribution in [2.24, 2.45) is 0 Å². The average Bonchev–Trinajstić information content (AvgIpc) is 3.25. The minimum atomic E-state index is -0.983. The molecule has 0 aliphatic carbocycles. The van der Waals surface area contributed by atoms with Gasteiger partial charge in [-0.2, -0.15) is 5.10 Å². The third-order valence-electron chi connectivity index (χ3n) is 6.40. The van der Waals surface area contributed by atoms with E-state index in [0.29, 0.717) is 41.7 Å². The van der Waals surface area contributed by atoms with E-state index in [1.165, 1.54) is 12.1 Å². The molecular weight excluding hydrogens is 469 g/mol. The van der Waals surface area contributed by atoms with Crippen LogP contribution in [-0.2, 0) is 0 Å². The molecule has 0 radical (unpaired) electrons. The molecule has 186 valence electrons. The minimum absolute atomic E-state index is 0.120. The lowest BCUT2D eigenvalue weighted by molar-refractivity contribution is 0.0619. The Bertz CT molecular complexity index is 1440. The fourth-order valence-electron chi connectivity index (χ4n) is 4.58. The van der Waals surface area contributed by atoms with Gasteiger partial charge in [0.1, 0.15) is 17.3 Å². The molecule has 1 atom stereocenters. The van der Waals surface area contributed by atoms with Crippen molar-refractivity contribution in [1.29, 1.82) is 0 Å². The molecule has 2 aromatic carbocycles. The topological polar surface area (TPSA) is 75.9 Å². The minimum Gasteiger partial charge on any atom is -0.366 e. The number of hydrogen-bond donors (Lipinski definition) is 1. The third kappa shape index (κ3) is 4.62. The van der Waals surface area contributed by atoms with Gasteiger partial charge in [-0.1, -0.05) is 0 Å². The number of aromatic nitrogens is 4. The maximum Gasteiger partial charge on any atom is 0.272 e. The van der Waals surface area contributed by atoms with Gasteiger partial charge >= 0.3 is 0 Å². The highest BCUT2D eigenvalue weighted by atomic mass is 19.2. The van der Waals surface area contributed by atoms with Crippen molar-refractivity contribution in [1.82, 2.24) is 24.6 Å². The fourth-order valence-corrected chi connectivity index (χ4v) is 4.58. The highest BCUT2D eigenvalue weighted by Gasteiger charge is 2.30. The Balaban J connectivity index is 1.38. The molecule has 1 aliphatic heterocycles. The molecule has 10 heteroatoms. The predicted octanol–water partition coefficient (Wildman–Crippen LogP) is 4.96. The summed E-state index contributed by atoms with van der Waals surface area (Å²) in [6.07, 6.45) is 2.65. The number of halogens is 3. The van der Waals surface area contributed by atoms with Gasteiger partial charge in [0.15, 0.2) is 11.6 Å². The molecule has 1 amide bonds. The van der Waals surface area contributed by atoms with E-state index in [4.69, 9.17) is 0 Å². The molecule has 1 saturated heterocycles. The number of hydrogen-bond acceptors (Lipinski definition) is 5. The Morgan fingerprint density at radius 1 is 1.00 bits per heavy atom. The number of amides is 1. The van der Waals surface area contributed by atoms with E-state index in [0.717, 1.165) is 31.4 Å². The maximum absolute atomic E-state index is 13.7. The molecule has 0 spiro atoms. The number of rotatable bonds is 5. The van der Waals surface area contributed by atoms with Crippen LogP contribution >= 0.6 is 0 Å². The van der Waals surface area contributed by atoms with Crippen LogP contribution in [0.25, 0.3) is 16.7 Å². The summed E-state index contributed by atoms with van der Waals surface area (Å²) >= 11 is 0. The van der Waals surface area contributed by atoms with Gasteiger partial charge in [-0.25, -0.2) is 27.8 Å². The lowest BCUT2D eigenvalue weighted by Crippen LogP contribution is -2.47. The van der Waals surface area contributed by atoms with Crippen molar-refractivity contribution in [2.45, 2.75) is 39.2 Å². The van der Waals surface area contributed by atoms with Crippen LogP contribution in [0.3, 0.4) is 0 Å². The van der Waals surface area contributed by atoms with Crippen LogP contribution in [0.2, 0.25) is 0 Å². The first kappa shape index (κ1) is 23.8. The number of carbonyl (C=O) groups is 1. The predicted molar refractivity (Wildman–Crippen MR) is 130 cm³/mol. The molecule has 4 aromatic rings. The van der Waals surface area contributed by atoms with Crippen molar-refractivity contribution >= 4 is 22.8 Å². The molecular formula is C26H25F3N6O. The van der Waals surface area contributed by atoms with Gasteiger partial charge in [0.25, 0.3) is 5.91 Å². The van der Waals surface area contributed by atoms with Crippen LogP contribution < -0.4 is 5.32 Å². The molecule has 36 heavy (non-hydrogen) atoms. The number of fused-ring (bicyclic) bond motifs is 1. The quantitative estimate of drug-likeness (QED) is 0.425. The van der Waals surface area contributed by atoms with E-state index in [1.54, 1.807) is 29.8 Å². The lowest BCUT2D eigenvalue weighted by Gasteiger charge is -2.36. The molecule has 2 aromatic heterocycles. The first-order valence-electron chi connectivity index (χ1n) is 11.8. The third-order valence-corrected chi connectivity index (χ3v) is 6.40. The normalized spacial score (nSPS) is 15.9. The highest BCUT2D eigenvalue weighted by molar-refractivity contribution is 5.93. The van der Waals surface area contributed by atoms with Crippen LogP contribution in [0.15, 0.2) is 42.5 Å². The standard InChI is InChI=1S/C26H25F3N6O/c1-15-11-24(35(33-15)18-8-6-17(27)7-9-18)26(36)34-10-4-3-5-19(34)14-30-25-16(2)31-22-12-20(28)21(29)13-23(22)32-25/h6-9,11-13,19H,3-5,10,14H2,1-2H3,(H,30,32)/t19-/m0/s1. The smallest absolute Gasteiger partial charge is 0.272 e. The van der Waals surface area contributed by atoms with Crippen LogP contribution in [0.4, 0.5) is 19.0 Å². The molecule has 1 aliphatic rings. The Morgan fingerprint density at radius 3 is 2.42 bits per heavy atom. The Morgan fingerprint density at radius 2 is 1.69 bits per heavy atom. The van der Waals surface area contributed by atoms with Crippen molar-refractivity contribution < 1.29 is 18.0 Å². The Hall–Kier alpha value is -3.95. The van der Waals surface area contributed by atoms with E-state index in [-0.39, 0.29) is 28.8 Å². The summed E-state index contributed by atoms with van der Waals surface area (Å²) in [4.78, 5) is 24.3. The number of aryl methyl sites for hydroxylation is 2. The van der Waals surface area contributed by atoms with E-state index in [1.807, 2.05) is 11.8 Å². The van der Waals surface area contributed by atoms with Gasteiger partial charge in [0.05, 0.1) is 28.1 Å². The fraction of sp³-hybridized carbons (Fsp3) is 0.308. The van der Waals surface area contributed by atoms with Crippen LogP contribution in [-0.4, -0.2) is 49.7 Å². The molecule has 0 bridgehead atoms. The number of piperidine rings is 1. The van der Waals surface area contributed by atoms with Crippen molar-refractivity contribution in [3.8, 4) is 5.69 Å². The summed E-state index contributed by atoms with van der Waals surface area (Å²) in [5.41, 5.74) is 2.76. The van der Waals surface area contributed by atoms with Gasteiger partial charge < -0.3 is 10.2 Å². The van der Waals surface area contributed by atoms with E-state index >= 15 is 0 Å². The van der Waals surface area contributed by atoms with Crippen LogP contribution in [0.1, 0.15) is 41.1 Å². The van der Waals surface area contributed by atoms with Gasteiger partial charge in [0.2, 0.25) is 0 Å². The zero-order valence-electron chi connectivity index (χ0n) is 19.9. The van der Waals surface area contributed by atoms with Crippen molar-refractivity contribution in [2.75, 3.05) is 18.4 Å². The van der Waals surface area contributed by atoms with Gasteiger partial charge in [-0.05, 0) is 63.4 Å². The van der Waals surface area contributed by atoms with Gasteiger partial charge in [0, 0.05) is 31.3 Å². The number of nitrogens with zero attached hydrogens (tertiary/aromatic N) is 5. The molecule has 7 nitrogen and oxygen atoms in total. The first-order chi connectivity index (χ1) is 17.3. The van der Waals surface area contributed by atoms with Crippen LogP contribution in [0, 0.1) is 31.3 Å². The van der Waals surface area contributed by atoms with E-state index < -0.39 is 11.6 Å². The van der Waals surface area contributed by atoms with E-state index in [9.17, 15) is 18.0 Å². The van der Waals surface area contributed by atoms with Crippen LogP contribution in [0.5, 0.6) is 0 Å². The summed E-state index contributed by atoms with van der Waals surface area (Å²) < 4.78 is 42.2. The SMILES string of the molecule is Cc1cc(C(=O)N2CCCC[C@H]2CNc2nc3cc(F)c(F)cc3nc2C)n(-c2ccc(F)cc2)n1. The second-order valence-corrected chi connectivity index (χ2v) is 9.00. The summed E-state index contributed by atoms with van der Waals surface area (Å²) in [5.74, 6) is -2.02. The Kier molecular flexibility index (Phi) is 6.34. The summed E-state index contributed by atoms with van der Waals surface area (Å²) in [5, 5.41) is 7.71. The lowest BCUT2D eigenvalue weighted by atomic mass is 10.0. The monoisotopic (exact) mass is 494 g/mol. The number of benzene rings is 2. The molecule has 3 heterocycles. The summed E-state index contributed by atoms with van der Waals surface area (Å²) in [6, 6.07) is 9.51. The molecule has 1 fully saturated rings. The zero-order chi connectivity index (χ0) is 25.4. The highest BCUT2D eigenvalue weighted by Crippen LogP contribution is 2.24. The van der Waals surface area contributed by atoms with E-state index in [2.05, 4.69) is 20.4 Å². The molecule has 1 N–H and O–H groups in total. The number of anilines is 1. The second-order valence-electron chi connectivity index (χ2n) is 9.00. The number of nitrogens with one attached hydrogen (secondary N) is 1. The molecule has 5 rings (SSSR count). The van der Waals surface area contributed by atoms with Gasteiger partial charge in [-0.15, -0.1) is 0 Å².